The summed E-state index contributed by atoms with van der Waals surface area (Å²) in [5.74, 6) is 0.878. The second kappa shape index (κ2) is 3.40. The molecule has 0 aliphatic carbocycles. The summed E-state index contributed by atoms with van der Waals surface area (Å²) in [5.41, 5.74) is 0.265. The monoisotopic (exact) mass is 241 g/mol. The molecule has 0 bridgehead atoms. The first-order valence-electron chi connectivity index (χ1n) is 5.36. The van der Waals surface area contributed by atoms with Crippen LogP contribution in [0.1, 0.15) is 17.7 Å². The third-order valence-electron chi connectivity index (χ3n) is 3.71. The Bertz CT molecular complexity index is 404. The molecule has 0 saturated carbocycles. The summed E-state index contributed by atoms with van der Waals surface area (Å²) in [6, 6.07) is 2.06. The Morgan fingerprint density at radius 2 is 2.20 bits per heavy atom. The number of hydrogen-bond donors (Lipinski definition) is 0. The van der Waals surface area contributed by atoms with Gasteiger partial charge in [-0.25, -0.2) is 0 Å². The van der Waals surface area contributed by atoms with E-state index in [1.54, 1.807) is 0 Å². The summed E-state index contributed by atoms with van der Waals surface area (Å²) < 4.78 is 12.0. The fraction of sp³-hybridized carbons (Fsp3) is 0.636. The van der Waals surface area contributed by atoms with E-state index in [-0.39, 0.29) is 5.41 Å². The first-order valence-corrected chi connectivity index (χ1v) is 7.56. The van der Waals surface area contributed by atoms with Crippen LogP contribution in [0.25, 0.3) is 0 Å². The lowest BCUT2D eigenvalue weighted by atomic mass is 9.79. The van der Waals surface area contributed by atoms with Crippen molar-refractivity contribution in [2.45, 2.75) is 23.2 Å². The molecular formula is C11H15NOS2. The quantitative estimate of drug-likeness (QED) is 0.691. The fourth-order valence-corrected chi connectivity index (χ4v) is 6.06. The van der Waals surface area contributed by atoms with Gasteiger partial charge in [0.05, 0.1) is 15.7 Å². The predicted molar refractivity (Wildman–Crippen MR) is 64.0 cm³/mol. The molecule has 1 atom stereocenters. The predicted octanol–water partition coefficient (Wildman–Crippen LogP) is 1.83. The van der Waals surface area contributed by atoms with Crippen molar-refractivity contribution in [2.75, 3.05) is 25.9 Å². The van der Waals surface area contributed by atoms with Crippen molar-refractivity contribution in [2.24, 2.45) is 0 Å². The van der Waals surface area contributed by atoms with Crippen LogP contribution in [0.2, 0.25) is 0 Å². The maximum atomic E-state index is 12.0. The van der Waals surface area contributed by atoms with Gasteiger partial charge in [-0.15, -0.1) is 11.3 Å². The van der Waals surface area contributed by atoms with Gasteiger partial charge in [0.1, 0.15) is 0 Å². The minimum Gasteiger partial charge on any atom is -0.306 e. The van der Waals surface area contributed by atoms with Gasteiger partial charge in [0.2, 0.25) is 0 Å². The second-order valence-electron chi connectivity index (χ2n) is 4.69. The molecule has 1 spiro atoms. The Morgan fingerprint density at radius 1 is 1.47 bits per heavy atom. The number of likely N-dealkylation sites (tertiary alicyclic amines) is 1. The highest BCUT2D eigenvalue weighted by molar-refractivity contribution is 7.85. The molecule has 1 fully saturated rings. The highest BCUT2D eigenvalue weighted by Gasteiger charge is 2.45. The lowest BCUT2D eigenvalue weighted by Crippen LogP contribution is -2.41. The standard InChI is InChI=1S/C11H15NOS2/c1-12-5-3-11(4-6-12)8-15(13)9-2-7-14-10(9)11/h2,7H,3-6,8H2,1H3. The molecule has 4 heteroatoms. The second-order valence-corrected chi connectivity index (χ2v) is 7.02. The van der Waals surface area contributed by atoms with Crippen LogP contribution in [0.5, 0.6) is 0 Å². The molecule has 0 radical (unpaired) electrons. The molecule has 0 N–H and O–H groups in total. The third kappa shape index (κ3) is 1.42. The molecule has 15 heavy (non-hydrogen) atoms. The lowest BCUT2D eigenvalue weighted by molar-refractivity contribution is 0.206. The van der Waals surface area contributed by atoms with Gasteiger partial charge in [-0.1, -0.05) is 0 Å². The Hall–Kier alpha value is -0.190. The van der Waals surface area contributed by atoms with Crippen LogP contribution < -0.4 is 0 Å². The molecule has 2 aliphatic heterocycles. The molecule has 2 aliphatic rings. The van der Waals surface area contributed by atoms with Crippen LogP contribution in [0.3, 0.4) is 0 Å². The van der Waals surface area contributed by atoms with Crippen LogP contribution in [-0.4, -0.2) is 35.0 Å². The van der Waals surface area contributed by atoms with Gasteiger partial charge in [0.25, 0.3) is 0 Å². The number of nitrogens with zero attached hydrogens (tertiary/aromatic N) is 1. The summed E-state index contributed by atoms with van der Waals surface area (Å²) >= 11 is 1.81. The molecule has 1 aromatic heterocycles. The Morgan fingerprint density at radius 3 is 2.93 bits per heavy atom. The van der Waals surface area contributed by atoms with Crippen LogP contribution >= 0.6 is 11.3 Å². The largest absolute Gasteiger partial charge is 0.306 e. The SMILES string of the molecule is CN1CCC2(CC1)CS(=O)c1ccsc12. The van der Waals surface area contributed by atoms with Crippen LogP contribution in [0, 0.1) is 0 Å². The third-order valence-corrected chi connectivity index (χ3v) is 6.64. The van der Waals surface area contributed by atoms with Gasteiger partial charge >= 0.3 is 0 Å². The minimum atomic E-state index is -0.723. The van der Waals surface area contributed by atoms with Crippen LogP contribution in [0.15, 0.2) is 16.3 Å². The average Bonchev–Trinajstić information content (AvgIpc) is 2.78. The summed E-state index contributed by atoms with van der Waals surface area (Å²) in [5, 5.41) is 2.10. The smallest absolute Gasteiger partial charge is 0.0550 e. The number of fused-ring (bicyclic) bond motifs is 2. The van der Waals surface area contributed by atoms with Crippen molar-refractivity contribution in [3.05, 3.63) is 16.3 Å². The van der Waals surface area contributed by atoms with E-state index in [2.05, 4.69) is 23.4 Å². The maximum Gasteiger partial charge on any atom is 0.0550 e. The highest BCUT2D eigenvalue weighted by Crippen LogP contribution is 2.47. The van der Waals surface area contributed by atoms with E-state index < -0.39 is 10.8 Å². The minimum absolute atomic E-state index is 0.265. The molecule has 0 aromatic carbocycles. The molecule has 3 heterocycles. The molecule has 1 aromatic rings. The van der Waals surface area contributed by atoms with Crippen molar-refractivity contribution in [1.82, 2.24) is 4.90 Å². The topological polar surface area (TPSA) is 20.3 Å². The molecular weight excluding hydrogens is 226 g/mol. The normalized spacial score (nSPS) is 29.5. The van der Waals surface area contributed by atoms with E-state index >= 15 is 0 Å². The molecule has 1 saturated heterocycles. The van der Waals surface area contributed by atoms with Crippen molar-refractivity contribution >= 4 is 22.1 Å². The highest BCUT2D eigenvalue weighted by atomic mass is 32.2. The van der Waals surface area contributed by atoms with Crippen molar-refractivity contribution in [1.29, 1.82) is 0 Å². The molecule has 0 amide bonds. The Labute approximate surface area is 96.7 Å². The van der Waals surface area contributed by atoms with Crippen molar-refractivity contribution in [3.8, 4) is 0 Å². The summed E-state index contributed by atoms with van der Waals surface area (Å²) in [6.45, 7) is 2.29. The van der Waals surface area contributed by atoms with Gasteiger partial charge in [-0.2, -0.15) is 0 Å². The van der Waals surface area contributed by atoms with Crippen molar-refractivity contribution < 1.29 is 4.21 Å². The van der Waals surface area contributed by atoms with Gasteiger partial charge < -0.3 is 4.90 Å². The zero-order chi connectivity index (χ0) is 10.5. The van der Waals surface area contributed by atoms with Gasteiger partial charge in [-0.05, 0) is 44.4 Å². The van der Waals surface area contributed by atoms with E-state index in [0.717, 1.165) is 23.7 Å². The van der Waals surface area contributed by atoms with Gasteiger partial charge in [0, 0.05) is 16.0 Å². The Balaban J connectivity index is 1.99. The lowest BCUT2D eigenvalue weighted by Gasteiger charge is -2.37. The van der Waals surface area contributed by atoms with Crippen molar-refractivity contribution in [3.63, 3.8) is 0 Å². The average molecular weight is 241 g/mol. The molecule has 1 unspecified atom stereocenters. The zero-order valence-corrected chi connectivity index (χ0v) is 10.5. The van der Waals surface area contributed by atoms with E-state index in [9.17, 15) is 4.21 Å². The van der Waals surface area contributed by atoms with E-state index in [0.29, 0.717) is 0 Å². The summed E-state index contributed by atoms with van der Waals surface area (Å²) in [6.07, 6.45) is 2.37. The zero-order valence-electron chi connectivity index (χ0n) is 8.86. The number of piperidine rings is 1. The Kier molecular flexibility index (Phi) is 2.27. The van der Waals surface area contributed by atoms with Crippen LogP contribution in [0.4, 0.5) is 0 Å². The summed E-state index contributed by atoms with van der Waals surface area (Å²) in [7, 11) is 1.45. The molecule has 2 nitrogen and oxygen atoms in total. The van der Waals surface area contributed by atoms with Gasteiger partial charge in [0.15, 0.2) is 0 Å². The first kappa shape index (κ1) is 10.00. The van der Waals surface area contributed by atoms with Crippen LogP contribution in [-0.2, 0) is 16.2 Å². The number of rotatable bonds is 0. The van der Waals surface area contributed by atoms with Gasteiger partial charge in [-0.3, -0.25) is 4.21 Å². The number of hydrogen-bond acceptors (Lipinski definition) is 3. The summed E-state index contributed by atoms with van der Waals surface area (Å²) in [4.78, 5) is 4.93. The molecule has 82 valence electrons. The van der Waals surface area contributed by atoms with E-state index in [1.807, 2.05) is 11.3 Å². The first-order chi connectivity index (χ1) is 7.21. The molecule has 3 rings (SSSR count). The van der Waals surface area contributed by atoms with E-state index in [1.165, 1.54) is 17.7 Å². The van der Waals surface area contributed by atoms with E-state index in [4.69, 9.17) is 0 Å². The number of thiophene rings is 1. The maximum absolute atomic E-state index is 12.0. The fourth-order valence-electron chi connectivity index (χ4n) is 2.68.